The molecule has 49 heavy (non-hydrogen) atoms. The standard InChI is InChI=1S/C39H48N2O8/c1-7-9-28(43)33(19(5)6)41-17-20-10-11-21(8-2)24(14-20)23-12-13-27(42)31-25(23)15-22-16-26-29(18(3)4)34(44)32(38(40)48)37(47)39(26,49)36(46)30(22)35(31)45/h10-14,18-19,22,26,29-30,32-33,41-42,49H,7-9,15-17H2,1-6H3,(H2,40,48)/t22-,26-,29-,30?,32?,33?,39-/m0/s1. The van der Waals surface area contributed by atoms with Crippen LogP contribution in [-0.2, 0) is 43.4 Å². The van der Waals surface area contributed by atoms with Gasteiger partial charge in [0.15, 0.2) is 34.7 Å². The minimum Gasteiger partial charge on any atom is -0.507 e. The van der Waals surface area contributed by atoms with Crippen LogP contribution in [0.25, 0.3) is 11.1 Å². The molecule has 1 amide bonds. The summed E-state index contributed by atoms with van der Waals surface area (Å²) in [6.07, 6.45) is 2.16. The third-order valence-corrected chi connectivity index (χ3v) is 11.1. The number of carbonyl (C=O) groups excluding carboxylic acids is 6. The van der Waals surface area contributed by atoms with Gasteiger partial charge in [-0.15, -0.1) is 0 Å². The van der Waals surface area contributed by atoms with Crippen LogP contribution in [0, 0.1) is 41.4 Å². The Kier molecular flexibility index (Phi) is 10.1. The number of Topliss-reactive ketones (excluding diaryl/α,β-unsaturated/α-hetero) is 5. The van der Waals surface area contributed by atoms with E-state index in [1.807, 2.05) is 45.9 Å². The predicted molar refractivity (Wildman–Crippen MR) is 182 cm³/mol. The SMILES string of the molecule is CCCC(=O)C(NCc1ccc(CC)c(-c2ccc(O)c3c2C[C@H]2C[C@H]4[C@H](C(C)C)C(=O)C(C(N)=O)C(=O)[C@@]4(O)C(=O)C2C3=O)c1)C(C)C. The number of aryl methyl sites for hydroxylation is 1. The van der Waals surface area contributed by atoms with E-state index in [-0.39, 0.29) is 41.9 Å². The molecule has 0 aliphatic heterocycles. The van der Waals surface area contributed by atoms with Gasteiger partial charge in [0, 0.05) is 24.8 Å². The van der Waals surface area contributed by atoms with E-state index in [0.29, 0.717) is 24.9 Å². The molecule has 3 aliphatic rings. The van der Waals surface area contributed by atoms with Gasteiger partial charge in [0.05, 0.1) is 17.5 Å². The fraction of sp³-hybridized carbons (Fsp3) is 0.538. The topological polar surface area (TPSA) is 181 Å². The number of rotatable bonds is 11. The Morgan fingerprint density at radius 1 is 1.00 bits per heavy atom. The molecule has 2 fully saturated rings. The smallest absolute Gasteiger partial charge is 0.235 e. The van der Waals surface area contributed by atoms with Crippen LogP contribution in [0.5, 0.6) is 5.75 Å². The zero-order valence-corrected chi connectivity index (χ0v) is 29.2. The van der Waals surface area contributed by atoms with Gasteiger partial charge in [0.2, 0.25) is 5.91 Å². The maximum absolute atomic E-state index is 14.3. The van der Waals surface area contributed by atoms with Gasteiger partial charge in [0.1, 0.15) is 11.5 Å². The van der Waals surface area contributed by atoms with Crippen molar-refractivity contribution in [3.05, 3.63) is 52.6 Å². The average Bonchev–Trinajstić information content (AvgIpc) is 3.02. The summed E-state index contributed by atoms with van der Waals surface area (Å²) in [5.41, 5.74) is 6.75. The zero-order valence-electron chi connectivity index (χ0n) is 29.2. The molecule has 0 bridgehead atoms. The fourth-order valence-electron chi connectivity index (χ4n) is 8.75. The second-order valence-electron chi connectivity index (χ2n) is 14.8. The van der Waals surface area contributed by atoms with E-state index < -0.39 is 70.1 Å². The number of phenols is 1. The van der Waals surface area contributed by atoms with E-state index in [9.17, 15) is 39.0 Å². The van der Waals surface area contributed by atoms with E-state index in [0.717, 1.165) is 28.7 Å². The number of nitrogens with two attached hydrogens (primary N) is 1. The normalized spacial score (nSPS) is 27.2. The van der Waals surface area contributed by atoms with E-state index in [2.05, 4.69) is 5.32 Å². The number of fused-ring (bicyclic) bond motifs is 3. The molecule has 2 saturated carbocycles. The first-order valence-corrected chi connectivity index (χ1v) is 17.5. The molecule has 10 nitrogen and oxygen atoms in total. The Hall–Kier alpha value is -4.02. The van der Waals surface area contributed by atoms with Crippen LogP contribution in [0.4, 0.5) is 0 Å². The van der Waals surface area contributed by atoms with Crippen molar-refractivity contribution in [1.29, 1.82) is 0 Å². The zero-order chi connectivity index (χ0) is 36.1. The number of benzene rings is 2. The first-order chi connectivity index (χ1) is 23.1. The largest absolute Gasteiger partial charge is 0.507 e. The van der Waals surface area contributed by atoms with Crippen LogP contribution in [0.2, 0.25) is 0 Å². The van der Waals surface area contributed by atoms with Crippen molar-refractivity contribution in [2.24, 2.45) is 47.2 Å². The maximum Gasteiger partial charge on any atom is 0.235 e. The number of aliphatic hydroxyl groups is 1. The van der Waals surface area contributed by atoms with Gasteiger partial charge in [-0.2, -0.15) is 0 Å². The number of nitrogens with one attached hydrogen (secondary N) is 1. The summed E-state index contributed by atoms with van der Waals surface area (Å²) in [7, 11) is 0. The molecule has 5 rings (SSSR count). The number of primary amides is 1. The van der Waals surface area contributed by atoms with Crippen molar-refractivity contribution in [1.82, 2.24) is 5.32 Å². The van der Waals surface area contributed by atoms with Gasteiger partial charge < -0.3 is 21.3 Å². The Morgan fingerprint density at radius 3 is 2.29 bits per heavy atom. The summed E-state index contributed by atoms with van der Waals surface area (Å²) in [6.45, 7) is 11.9. The predicted octanol–water partition coefficient (Wildman–Crippen LogP) is 3.92. The number of aromatic hydroxyl groups is 1. The monoisotopic (exact) mass is 672 g/mol. The van der Waals surface area contributed by atoms with Crippen molar-refractivity contribution >= 4 is 34.8 Å². The molecular formula is C39H48N2O8. The van der Waals surface area contributed by atoms with Crippen LogP contribution in [0.15, 0.2) is 30.3 Å². The van der Waals surface area contributed by atoms with Gasteiger partial charge in [-0.3, -0.25) is 28.8 Å². The summed E-state index contributed by atoms with van der Waals surface area (Å²) in [6, 6.07) is 8.94. The maximum atomic E-state index is 14.3. The number of ketones is 5. The average molecular weight is 673 g/mol. The number of hydrogen-bond donors (Lipinski definition) is 4. The quantitative estimate of drug-likeness (QED) is 0.257. The number of carbonyl (C=O) groups is 6. The van der Waals surface area contributed by atoms with Crippen LogP contribution in [0.1, 0.15) is 87.9 Å². The molecular weight excluding hydrogens is 624 g/mol. The highest BCUT2D eigenvalue weighted by atomic mass is 16.3. The first-order valence-electron chi connectivity index (χ1n) is 17.5. The number of amides is 1. The fourth-order valence-corrected chi connectivity index (χ4v) is 8.75. The Labute approximate surface area is 287 Å². The molecule has 0 saturated heterocycles. The summed E-state index contributed by atoms with van der Waals surface area (Å²) in [5, 5.41) is 26.4. The third-order valence-electron chi connectivity index (χ3n) is 11.1. The summed E-state index contributed by atoms with van der Waals surface area (Å²) >= 11 is 0. The van der Waals surface area contributed by atoms with Gasteiger partial charge >= 0.3 is 0 Å². The lowest BCUT2D eigenvalue weighted by Crippen LogP contribution is -2.71. The molecule has 0 radical (unpaired) electrons. The molecule has 2 aromatic carbocycles. The Bertz CT molecular complexity index is 1730. The molecule has 3 unspecified atom stereocenters. The van der Waals surface area contributed by atoms with Gasteiger partial charge in [-0.25, -0.2) is 0 Å². The highest BCUT2D eigenvalue weighted by molar-refractivity contribution is 6.32. The van der Waals surface area contributed by atoms with Crippen molar-refractivity contribution in [3.8, 4) is 16.9 Å². The van der Waals surface area contributed by atoms with Crippen LogP contribution >= 0.6 is 0 Å². The molecule has 2 aromatic rings. The lowest BCUT2D eigenvalue weighted by molar-refractivity contribution is -0.182. The van der Waals surface area contributed by atoms with E-state index in [1.165, 1.54) is 6.07 Å². The third kappa shape index (κ3) is 5.97. The Balaban J connectivity index is 1.57. The molecule has 0 heterocycles. The van der Waals surface area contributed by atoms with Crippen molar-refractivity contribution in [3.63, 3.8) is 0 Å². The molecule has 10 heteroatoms. The molecule has 5 N–H and O–H groups in total. The minimum absolute atomic E-state index is 0.0198. The van der Waals surface area contributed by atoms with Crippen molar-refractivity contribution in [2.45, 2.75) is 91.8 Å². The van der Waals surface area contributed by atoms with E-state index in [1.54, 1.807) is 19.9 Å². The summed E-state index contributed by atoms with van der Waals surface area (Å²) < 4.78 is 0. The molecule has 0 aromatic heterocycles. The lowest BCUT2D eigenvalue weighted by Gasteiger charge is -2.52. The van der Waals surface area contributed by atoms with E-state index >= 15 is 0 Å². The summed E-state index contributed by atoms with van der Waals surface area (Å²) in [4.78, 5) is 80.6. The van der Waals surface area contributed by atoms with Gasteiger partial charge in [-0.05, 0) is 83.4 Å². The van der Waals surface area contributed by atoms with Gasteiger partial charge in [-0.1, -0.05) is 59.7 Å². The molecule has 0 spiro atoms. The highest BCUT2D eigenvalue weighted by Gasteiger charge is 2.69. The minimum atomic E-state index is -2.73. The number of phenolic OH excluding ortho intramolecular Hbond substituents is 1. The molecule has 262 valence electrons. The van der Waals surface area contributed by atoms with Gasteiger partial charge in [0.25, 0.3) is 0 Å². The number of hydrogen-bond acceptors (Lipinski definition) is 9. The second-order valence-corrected chi connectivity index (χ2v) is 14.8. The highest BCUT2D eigenvalue weighted by Crippen LogP contribution is 2.54. The van der Waals surface area contributed by atoms with Crippen LogP contribution in [-0.4, -0.2) is 56.7 Å². The van der Waals surface area contributed by atoms with Crippen LogP contribution < -0.4 is 11.1 Å². The lowest BCUT2D eigenvalue weighted by atomic mass is 9.49. The Morgan fingerprint density at radius 2 is 1.69 bits per heavy atom. The van der Waals surface area contributed by atoms with E-state index in [4.69, 9.17) is 5.73 Å². The van der Waals surface area contributed by atoms with Crippen molar-refractivity contribution < 1.29 is 39.0 Å². The van der Waals surface area contributed by atoms with Crippen molar-refractivity contribution in [2.75, 3.05) is 0 Å². The summed E-state index contributed by atoms with van der Waals surface area (Å²) in [5.74, 6) is -11.6. The first kappa shape index (κ1) is 36.3. The van der Waals surface area contributed by atoms with Crippen LogP contribution in [0.3, 0.4) is 0 Å². The molecule has 3 aliphatic carbocycles. The second kappa shape index (κ2) is 13.7. The molecule has 7 atom stereocenters.